The molecule has 0 aliphatic carbocycles. The van der Waals surface area contributed by atoms with Crippen molar-refractivity contribution in [3.8, 4) is 0 Å². The Labute approximate surface area is 59.1 Å². The molecule has 1 rings (SSSR count). The molecule has 1 aromatic rings. The lowest BCUT2D eigenvalue weighted by atomic mass is 10.2. The Bertz CT molecular complexity index is 240. The fourth-order valence-corrected chi connectivity index (χ4v) is 0.537. The van der Waals surface area contributed by atoms with E-state index in [-0.39, 0.29) is 5.78 Å². The van der Waals surface area contributed by atoms with Crippen LogP contribution in [0.5, 0.6) is 0 Å². The van der Waals surface area contributed by atoms with Crippen LogP contribution >= 0.6 is 0 Å². The van der Waals surface area contributed by atoms with E-state index in [9.17, 15) is 4.79 Å². The summed E-state index contributed by atoms with van der Waals surface area (Å²) < 4.78 is 0. The van der Waals surface area contributed by atoms with Crippen molar-refractivity contribution in [2.75, 3.05) is 0 Å². The number of carbonyl (C=O) groups excluding carboxylic acids is 1. The van der Waals surface area contributed by atoms with Gasteiger partial charge in [0, 0.05) is 19.3 Å². The zero-order valence-electron chi connectivity index (χ0n) is 5.66. The minimum atomic E-state index is -0.250. The number of hydrogen-bond acceptors (Lipinski definition) is 3. The van der Waals surface area contributed by atoms with Crippen LogP contribution < -0.4 is 0 Å². The van der Waals surface area contributed by atoms with Crippen molar-refractivity contribution >= 4 is 5.78 Å². The Morgan fingerprint density at radius 3 is 2.40 bits per heavy atom. The summed E-state index contributed by atoms with van der Waals surface area (Å²) in [6, 6.07) is 0. The minimum Gasteiger partial charge on any atom is -0.294 e. The Morgan fingerprint density at radius 1 is 1.50 bits per heavy atom. The van der Waals surface area contributed by atoms with Crippen molar-refractivity contribution in [1.29, 1.82) is 0 Å². The van der Waals surface area contributed by atoms with E-state index >= 15 is 0 Å². The van der Waals surface area contributed by atoms with Crippen LogP contribution in [0.1, 0.15) is 16.2 Å². The number of carbonyl (C=O) groups is 1. The third kappa shape index (κ3) is 1.37. The molecule has 0 bridgehead atoms. The van der Waals surface area contributed by atoms with E-state index in [4.69, 9.17) is 0 Å². The molecule has 1 radical (unpaired) electrons. The van der Waals surface area contributed by atoms with Crippen molar-refractivity contribution < 1.29 is 4.79 Å². The lowest BCUT2D eigenvalue weighted by Gasteiger charge is -1.92. The first kappa shape index (κ1) is 6.86. The highest BCUT2D eigenvalue weighted by molar-refractivity contribution is 5.98. The predicted molar refractivity (Wildman–Crippen MR) is 36.5 cm³/mol. The van der Waals surface area contributed by atoms with E-state index in [1.54, 1.807) is 6.92 Å². The Balaban J connectivity index is 3.00. The van der Waals surface area contributed by atoms with Gasteiger partial charge in [-0.2, -0.15) is 0 Å². The van der Waals surface area contributed by atoms with Gasteiger partial charge in [0.2, 0.25) is 0 Å². The van der Waals surface area contributed by atoms with E-state index in [0.717, 1.165) is 0 Å². The van der Waals surface area contributed by atoms with Gasteiger partial charge in [-0.25, -0.2) is 9.97 Å². The van der Waals surface area contributed by atoms with Crippen LogP contribution in [-0.4, -0.2) is 15.8 Å². The molecule has 0 aliphatic rings. The van der Waals surface area contributed by atoms with Crippen LogP contribution in [0, 0.1) is 13.8 Å². The summed E-state index contributed by atoms with van der Waals surface area (Å²) in [5, 5.41) is 0. The molecule has 0 fully saturated rings. The van der Waals surface area contributed by atoms with E-state index in [2.05, 4.69) is 16.9 Å². The molecule has 10 heavy (non-hydrogen) atoms. The fourth-order valence-electron chi connectivity index (χ4n) is 0.537. The highest BCUT2D eigenvalue weighted by Crippen LogP contribution is 1.94. The van der Waals surface area contributed by atoms with Crippen molar-refractivity contribution in [1.82, 2.24) is 9.97 Å². The van der Waals surface area contributed by atoms with Gasteiger partial charge >= 0.3 is 0 Å². The topological polar surface area (TPSA) is 42.9 Å². The number of nitrogens with zero attached hydrogens (tertiary/aromatic N) is 2. The number of aromatic nitrogens is 2. The number of Topliss-reactive ketones (excluding diaryl/α,β-unsaturated/α-hetero) is 1. The zero-order valence-corrected chi connectivity index (χ0v) is 5.66. The third-order valence-corrected chi connectivity index (χ3v) is 1.10. The summed E-state index contributed by atoms with van der Waals surface area (Å²) in [6.07, 6.45) is 2.94. The summed E-state index contributed by atoms with van der Waals surface area (Å²) >= 11 is 0. The summed E-state index contributed by atoms with van der Waals surface area (Å²) in [4.78, 5) is 18.2. The highest BCUT2D eigenvalue weighted by atomic mass is 16.1. The van der Waals surface area contributed by atoms with Crippen LogP contribution in [-0.2, 0) is 0 Å². The van der Waals surface area contributed by atoms with Crippen molar-refractivity contribution in [2.45, 2.75) is 6.92 Å². The van der Waals surface area contributed by atoms with Crippen LogP contribution in [0.15, 0.2) is 12.4 Å². The number of rotatable bonds is 1. The van der Waals surface area contributed by atoms with E-state index in [0.29, 0.717) is 11.4 Å². The average Bonchev–Trinajstić information content (AvgIpc) is 1.88. The molecule has 0 N–H and O–H groups in total. The second kappa shape index (κ2) is 2.56. The molecular weight excluding hydrogens is 128 g/mol. The van der Waals surface area contributed by atoms with Gasteiger partial charge in [-0.3, -0.25) is 4.79 Å². The molecule has 0 aliphatic heterocycles. The van der Waals surface area contributed by atoms with E-state index < -0.39 is 0 Å². The molecule has 3 heteroatoms. The first-order chi connectivity index (χ1) is 4.70. The minimum absolute atomic E-state index is 0.250. The van der Waals surface area contributed by atoms with Crippen molar-refractivity contribution in [2.24, 2.45) is 0 Å². The molecule has 0 saturated carbocycles. The summed E-state index contributed by atoms with van der Waals surface area (Å²) in [6.45, 7) is 4.98. The lowest BCUT2D eigenvalue weighted by Crippen LogP contribution is -1.96. The van der Waals surface area contributed by atoms with Gasteiger partial charge in [-0.1, -0.05) is 0 Å². The number of ketones is 1. The third-order valence-electron chi connectivity index (χ3n) is 1.10. The summed E-state index contributed by atoms with van der Waals surface area (Å²) in [5.74, 6) is 0.407. The smallest absolute Gasteiger partial charge is 0.166 e. The maximum absolute atomic E-state index is 10.6. The maximum atomic E-state index is 10.6. The zero-order chi connectivity index (χ0) is 7.56. The second-order valence-corrected chi connectivity index (χ2v) is 1.94. The standard InChI is InChI=1S/C7H7N2O/c1-5(10)7-3-8-6(2)9-4-7/h3-4H,1H2,2H3. The Morgan fingerprint density at radius 2 is 2.00 bits per heavy atom. The maximum Gasteiger partial charge on any atom is 0.166 e. The molecule has 0 amide bonds. The molecule has 51 valence electrons. The van der Waals surface area contributed by atoms with Gasteiger partial charge in [-0.15, -0.1) is 0 Å². The van der Waals surface area contributed by atoms with Gasteiger partial charge in [0.15, 0.2) is 5.78 Å². The SMILES string of the molecule is [CH2]C(=O)c1cnc(C)nc1. The second-order valence-electron chi connectivity index (χ2n) is 1.94. The largest absolute Gasteiger partial charge is 0.294 e. The molecule has 3 nitrogen and oxygen atoms in total. The first-order valence-corrected chi connectivity index (χ1v) is 2.85. The number of hydrogen-bond donors (Lipinski definition) is 0. The van der Waals surface area contributed by atoms with Gasteiger partial charge in [-0.05, 0) is 6.92 Å². The first-order valence-electron chi connectivity index (χ1n) is 2.85. The lowest BCUT2D eigenvalue weighted by molar-refractivity contribution is 0.104. The molecule has 0 unspecified atom stereocenters. The summed E-state index contributed by atoms with van der Waals surface area (Å²) in [7, 11) is 0. The van der Waals surface area contributed by atoms with Crippen LogP contribution in [0.4, 0.5) is 0 Å². The fraction of sp³-hybridized carbons (Fsp3) is 0.143. The predicted octanol–water partition coefficient (Wildman–Crippen LogP) is 0.802. The molecular formula is C7H7N2O. The molecule has 1 aromatic heterocycles. The van der Waals surface area contributed by atoms with E-state index in [1.165, 1.54) is 12.4 Å². The molecule has 1 heterocycles. The molecule has 0 spiro atoms. The molecule has 0 saturated heterocycles. The molecule has 0 atom stereocenters. The van der Waals surface area contributed by atoms with E-state index in [1.807, 2.05) is 0 Å². The average molecular weight is 135 g/mol. The number of aryl methyl sites for hydroxylation is 1. The quantitative estimate of drug-likeness (QED) is 0.535. The Hall–Kier alpha value is -1.25. The monoisotopic (exact) mass is 135 g/mol. The van der Waals surface area contributed by atoms with Gasteiger partial charge in [0.1, 0.15) is 5.82 Å². The normalized spacial score (nSPS) is 9.40. The Kier molecular flexibility index (Phi) is 1.76. The summed E-state index contributed by atoms with van der Waals surface area (Å²) in [5.41, 5.74) is 0.450. The van der Waals surface area contributed by atoms with Crippen molar-refractivity contribution in [3.05, 3.63) is 30.7 Å². The molecule has 0 aromatic carbocycles. The van der Waals surface area contributed by atoms with Gasteiger partial charge in [0.25, 0.3) is 0 Å². The van der Waals surface area contributed by atoms with Crippen LogP contribution in [0.3, 0.4) is 0 Å². The van der Waals surface area contributed by atoms with Gasteiger partial charge < -0.3 is 0 Å². The van der Waals surface area contributed by atoms with Gasteiger partial charge in [0.05, 0.1) is 5.56 Å². The highest BCUT2D eigenvalue weighted by Gasteiger charge is 1.97. The van der Waals surface area contributed by atoms with Crippen molar-refractivity contribution in [3.63, 3.8) is 0 Å². The van der Waals surface area contributed by atoms with Crippen LogP contribution in [0.2, 0.25) is 0 Å². The van der Waals surface area contributed by atoms with Crippen LogP contribution in [0.25, 0.3) is 0 Å².